The Morgan fingerprint density at radius 3 is 2.70 bits per heavy atom. The number of ether oxygens (including phenoxy) is 1. The third-order valence-electron chi connectivity index (χ3n) is 6.05. The molecule has 0 unspecified atom stereocenters. The van der Waals surface area contributed by atoms with Gasteiger partial charge in [-0.3, -0.25) is 15.1 Å². The number of aromatic amines is 2. The van der Waals surface area contributed by atoms with Gasteiger partial charge >= 0.3 is 0 Å². The highest BCUT2D eigenvalue weighted by Crippen LogP contribution is 2.31. The second-order valence-electron chi connectivity index (χ2n) is 8.18. The average molecular weight is 441 g/mol. The molecule has 3 aromatic heterocycles. The molecule has 9 nitrogen and oxygen atoms in total. The van der Waals surface area contributed by atoms with Crippen molar-refractivity contribution in [2.75, 3.05) is 38.7 Å². The number of pyridine rings is 1. The second kappa shape index (κ2) is 8.27. The standard InChI is InChI=1S/C24H24N8O/c1-25-21-7-4-15-12-16(2-5-19(15)26-21)23-18-13-17(3-6-20(18)28-30-23)24-27-22(29-31-24)14-32-8-10-33-11-9-32/h2-7,12-13H,8-11,14H2,1H3,(H,25,26)(H,28,30)(H,27,29,31). The number of rotatable bonds is 5. The van der Waals surface area contributed by atoms with Crippen molar-refractivity contribution in [3.05, 3.63) is 54.4 Å². The van der Waals surface area contributed by atoms with Crippen molar-refractivity contribution < 1.29 is 4.74 Å². The lowest BCUT2D eigenvalue weighted by Crippen LogP contribution is -2.35. The molecule has 6 rings (SSSR count). The number of H-pyrrole nitrogens is 2. The van der Waals surface area contributed by atoms with Crippen LogP contribution in [0.2, 0.25) is 0 Å². The maximum Gasteiger partial charge on any atom is 0.181 e. The number of morpholine rings is 1. The summed E-state index contributed by atoms with van der Waals surface area (Å²) in [6.07, 6.45) is 0. The van der Waals surface area contributed by atoms with E-state index in [1.165, 1.54) is 0 Å². The smallest absolute Gasteiger partial charge is 0.181 e. The van der Waals surface area contributed by atoms with Gasteiger partial charge in [-0.15, -0.1) is 0 Å². The zero-order chi connectivity index (χ0) is 22.2. The fourth-order valence-electron chi connectivity index (χ4n) is 4.25. The lowest BCUT2D eigenvalue weighted by atomic mass is 10.0. The summed E-state index contributed by atoms with van der Waals surface area (Å²) in [5.74, 6) is 2.40. The molecule has 0 saturated carbocycles. The SMILES string of the molecule is CNc1ccc2cc(-c3n[nH]c4ccc(-c5n[nH]c(CN6CCOCC6)n5)cc34)ccc2n1. The summed E-state index contributed by atoms with van der Waals surface area (Å²) in [5, 5.41) is 20.5. The predicted octanol–water partition coefficient (Wildman–Crippen LogP) is 3.44. The number of nitrogens with one attached hydrogen (secondary N) is 3. The van der Waals surface area contributed by atoms with Crippen LogP contribution in [-0.4, -0.2) is 68.6 Å². The van der Waals surface area contributed by atoms with Crippen molar-refractivity contribution in [2.45, 2.75) is 6.54 Å². The average Bonchev–Trinajstić information content (AvgIpc) is 3.51. The molecule has 0 atom stereocenters. The Labute approximate surface area is 190 Å². The highest BCUT2D eigenvalue weighted by Gasteiger charge is 2.15. The van der Waals surface area contributed by atoms with E-state index in [0.29, 0.717) is 5.82 Å². The highest BCUT2D eigenvalue weighted by molar-refractivity contribution is 5.97. The molecule has 1 fully saturated rings. The fourth-order valence-corrected chi connectivity index (χ4v) is 4.25. The van der Waals surface area contributed by atoms with Gasteiger partial charge < -0.3 is 10.1 Å². The van der Waals surface area contributed by atoms with Gasteiger partial charge in [0.2, 0.25) is 0 Å². The van der Waals surface area contributed by atoms with Gasteiger partial charge in [0.25, 0.3) is 0 Å². The van der Waals surface area contributed by atoms with Gasteiger partial charge in [-0.2, -0.15) is 10.2 Å². The summed E-state index contributed by atoms with van der Waals surface area (Å²) >= 11 is 0. The van der Waals surface area contributed by atoms with Gasteiger partial charge in [-0.25, -0.2) is 9.97 Å². The molecule has 3 N–H and O–H groups in total. The van der Waals surface area contributed by atoms with Crippen molar-refractivity contribution in [1.29, 1.82) is 0 Å². The quantitative estimate of drug-likeness (QED) is 0.384. The van der Waals surface area contributed by atoms with Crippen LogP contribution in [0.1, 0.15) is 5.82 Å². The van der Waals surface area contributed by atoms with E-state index in [1.54, 1.807) is 0 Å². The molecule has 0 radical (unpaired) electrons. The van der Waals surface area contributed by atoms with Crippen LogP contribution in [0.15, 0.2) is 48.5 Å². The summed E-state index contributed by atoms with van der Waals surface area (Å²) in [6, 6.07) is 16.4. The molecule has 1 saturated heterocycles. The monoisotopic (exact) mass is 440 g/mol. The number of fused-ring (bicyclic) bond motifs is 2. The van der Waals surface area contributed by atoms with Crippen LogP contribution in [-0.2, 0) is 11.3 Å². The molecule has 33 heavy (non-hydrogen) atoms. The Balaban J connectivity index is 1.32. The first kappa shape index (κ1) is 19.8. The summed E-state index contributed by atoms with van der Waals surface area (Å²) in [4.78, 5) is 11.7. The van der Waals surface area contributed by atoms with Gasteiger partial charge in [-0.1, -0.05) is 6.07 Å². The molecular weight excluding hydrogens is 416 g/mol. The predicted molar refractivity (Wildman–Crippen MR) is 128 cm³/mol. The first-order valence-electron chi connectivity index (χ1n) is 11.1. The van der Waals surface area contributed by atoms with Crippen LogP contribution in [0.4, 0.5) is 5.82 Å². The van der Waals surface area contributed by atoms with E-state index < -0.39 is 0 Å². The number of aromatic nitrogens is 6. The minimum atomic E-state index is 0.689. The largest absolute Gasteiger partial charge is 0.379 e. The topological polar surface area (TPSA) is 108 Å². The van der Waals surface area contributed by atoms with Gasteiger partial charge in [-0.05, 0) is 42.5 Å². The molecule has 5 aromatic rings. The molecule has 0 amide bonds. The van der Waals surface area contributed by atoms with Crippen LogP contribution >= 0.6 is 0 Å². The van der Waals surface area contributed by atoms with Crippen LogP contribution in [0.3, 0.4) is 0 Å². The molecule has 0 spiro atoms. The molecule has 0 aliphatic carbocycles. The summed E-state index contributed by atoms with van der Waals surface area (Å²) in [7, 11) is 1.87. The van der Waals surface area contributed by atoms with Gasteiger partial charge in [0, 0.05) is 42.0 Å². The number of hydrogen-bond donors (Lipinski definition) is 3. The minimum Gasteiger partial charge on any atom is -0.379 e. The molecule has 4 heterocycles. The van der Waals surface area contributed by atoms with Crippen LogP contribution in [0, 0.1) is 0 Å². The van der Waals surface area contributed by atoms with E-state index in [2.05, 4.69) is 59.9 Å². The van der Waals surface area contributed by atoms with Crippen molar-refractivity contribution in [3.63, 3.8) is 0 Å². The van der Waals surface area contributed by atoms with E-state index in [0.717, 1.165) is 83.1 Å². The van der Waals surface area contributed by atoms with E-state index in [4.69, 9.17) is 9.72 Å². The summed E-state index contributed by atoms with van der Waals surface area (Å²) in [6.45, 7) is 4.11. The number of hydrogen-bond acceptors (Lipinski definition) is 7. The van der Waals surface area contributed by atoms with Crippen LogP contribution in [0.5, 0.6) is 0 Å². The molecule has 0 bridgehead atoms. The maximum absolute atomic E-state index is 5.42. The van der Waals surface area contributed by atoms with Crippen molar-refractivity contribution >= 4 is 27.6 Å². The van der Waals surface area contributed by atoms with Gasteiger partial charge in [0.15, 0.2) is 5.82 Å². The second-order valence-corrected chi connectivity index (χ2v) is 8.18. The Morgan fingerprint density at radius 2 is 1.82 bits per heavy atom. The van der Waals surface area contributed by atoms with Crippen molar-refractivity contribution in [1.82, 2.24) is 35.3 Å². The molecular formula is C24H24N8O. The molecule has 2 aromatic carbocycles. The van der Waals surface area contributed by atoms with Crippen LogP contribution < -0.4 is 5.32 Å². The third-order valence-corrected chi connectivity index (χ3v) is 6.05. The van der Waals surface area contributed by atoms with E-state index >= 15 is 0 Å². The lowest BCUT2D eigenvalue weighted by molar-refractivity contribution is 0.0331. The first-order valence-corrected chi connectivity index (χ1v) is 11.1. The van der Waals surface area contributed by atoms with E-state index in [-0.39, 0.29) is 0 Å². The Morgan fingerprint density at radius 1 is 0.939 bits per heavy atom. The summed E-state index contributed by atoms with van der Waals surface area (Å²) < 4.78 is 5.42. The van der Waals surface area contributed by atoms with Crippen molar-refractivity contribution in [3.8, 4) is 22.6 Å². The van der Waals surface area contributed by atoms with Crippen molar-refractivity contribution in [2.24, 2.45) is 0 Å². The normalized spacial score (nSPS) is 14.8. The summed E-state index contributed by atoms with van der Waals surface area (Å²) in [5.41, 5.74) is 4.81. The lowest BCUT2D eigenvalue weighted by Gasteiger charge is -2.25. The van der Waals surface area contributed by atoms with Gasteiger partial charge in [0.1, 0.15) is 11.6 Å². The Hall–Kier alpha value is -3.82. The molecule has 9 heteroatoms. The maximum atomic E-state index is 5.42. The molecule has 1 aliphatic rings. The van der Waals surface area contributed by atoms with Gasteiger partial charge in [0.05, 0.1) is 36.5 Å². The third kappa shape index (κ3) is 3.81. The highest BCUT2D eigenvalue weighted by atomic mass is 16.5. The number of nitrogens with zero attached hydrogens (tertiary/aromatic N) is 5. The van der Waals surface area contributed by atoms with Crippen LogP contribution in [0.25, 0.3) is 44.5 Å². The fraction of sp³-hybridized carbons (Fsp3) is 0.250. The first-order chi connectivity index (χ1) is 16.3. The van der Waals surface area contributed by atoms with E-state index in [9.17, 15) is 0 Å². The zero-order valence-electron chi connectivity index (χ0n) is 18.3. The number of anilines is 1. The molecule has 166 valence electrons. The zero-order valence-corrected chi connectivity index (χ0v) is 18.3. The number of benzene rings is 2. The van der Waals surface area contributed by atoms with E-state index in [1.807, 2.05) is 31.3 Å². The molecule has 1 aliphatic heterocycles. The minimum absolute atomic E-state index is 0.689. The Bertz CT molecular complexity index is 1430. The Kier molecular flexibility index (Phi) is 4.97.